The SMILES string of the molecule is C=CCN(Cc1ccccc1)C(=O)[C@H]1[C@H]2C(=O)N(CCO)C(C(=O)N(CC=C)c3ccc4ccccc4c3)C23CC(Br)[C@@H]1S3. The second-order valence-corrected chi connectivity index (χ2v) is 14.4. The minimum atomic E-state index is -0.839. The van der Waals surface area contributed by atoms with Gasteiger partial charge in [0.15, 0.2) is 0 Å². The van der Waals surface area contributed by atoms with Crippen LogP contribution in [0.2, 0.25) is 0 Å². The van der Waals surface area contributed by atoms with Crippen LogP contribution < -0.4 is 4.90 Å². The van der Waals surface area contributed by atoms with Crippen molar-refractivity contribution in [1.29, 1.82) is 0 Å². The van der Waals surface area contributed by atoms with Gasteiger partial charge in [0.05, 0.1) is 23.2 Å². The highest BCUT2D eigenvalue weighted by Gasteiger charge is 2.76. The average Bonchev–Trinajstić information content (AvgIpc) is 3.62. The van der Waals surface area contributed by atoms with E-state index in [2.05, 4.69) is 29.1 Å². The third-order valence-corrected chi connectivity index (χ3v) is 12.4. The summed E-state index contributed by atoms with van der Waals surface area (Å²) in [5, 5.41) is 12.0. The molecule has 1 spiro atoms. The number of fused-ring (bicyclic) bond motifs is 2. The second-order valence-electron chi connectivity index (χ2n) is 11.7. The van der Waals surface area contributed by atoms with Crippen molar-refractivity contribution in [2.75, 3.05) is 31.1 Å². The Morgan fingerprint density at radius 2 is 1.70 bits per heavy atom. The maximum Gasteiger partial charge on any atom is 0.251 e. The summed E-state index contributed by atoms with van der Waals surface area (Å²) in [6.07, 6.45) is 3.96. The van der Waals surface area contributed by atoms with E-state index in [4.69, 9.17) is 0 Å². The van der Waals surface area contributed by atoms with Crippen LogP contribution >= 0.6 is 27.7 Å². The largest absolute Gasteiger partial charge is 0.395 e. The molecule has 9 heteroatoms. The summed E-state index contributed by atoms with van der Waals surface area (Å²) >= 11 is 5.45. The van der Waals surface area contributed by atoms with Crippen LogP contribution in [0.25, 0.3) is 10.8 Å². The number of thioether (sulfide) groups is 1. The number of halogens is 1. The third-order valence-electron chi connectivity index (χ3n) is 9.15. The molecular weight excluding hydrogens is 638 g/mol. The maximum absolute atomic E-state index is 14.8. The van der Waals surface area contributed by atoms with Crippen molar-refractivity contribution in [3.63, 3.8) is 0 Å². The van der Waals surface area contributed by atoms with Gasteiger partial charge >= 0.3 is 0 Å². The molecule has 7 nitrogen and oxygen atoms in total. The summed E-state index contributed by atoms with van der Waals surface area (Å²) in [6.45, 7) is 8.54. The standard InChI is InChI=1S/C35H36BrN3O4S/c1-3-16-37(22-23-10-6-5-7-11-23)32(41)28-29-33(42)39(18-19-40)31(35(29)21-27(36)30(28)44-35)34(43)38(17-4-2)26-15-14-24-12-8-9-13-25(24)20-26/h3-15,20,27-31,40H,1-2,16-19,21-22H2/t27?,28-,29-,30-,31?,35?/m0/s1. The zero-order valence-corrected chi connectivity index (χ0v) is 26.8. The lowest BCUT2D eigenvalue weighted by molar-refractivity contribution is -0.144. The number of aliphatic hydroxyl groups is 1. The van der Waals surface area contributed by atoms with Crippen LogP contribution in [-0.4, -0.2) is 79.7 Å². The first-order valence-corrected chi connectivity index (χ1v) is 16.7. The van der Waals surface area contributed by atoms with Crippen LogP contribution in [0.3, 0.4) is 0 Å². The summed E-state index contributed by atoms with van der Waals surface area (Å²) in [6, 6.07) is 22.8. The van der Waals surface area contributed by atoms with Gasteiger partial charge in [0, 0.05) is 41.9 Å². The second kappa shape index (κ2) is 12.5. The number of benzene rings is 3. The monoisotopic (exact) mass is 673 g/mol. The number of nitrogens with zero attached hydrogens (tertiary/aromatic N) is 3. The Balaban J connectivity index is 1.38. The van der Waals surface area contributed by atoms with Crippen molar-refractivity contribution in [3.8, 4) is 0 Å². The normalized spacial score (nSPS) is 26.9. The van der Waals surface area contributed by atoms with Crippen LogP contribution in [0.5, 0.6) is 0 Å². The van der Waals surface area contributed by atoms with Gasteiger partial charge in [-0.15, -0.1) is 24.9 Å². The van der Waals surface area contributed by atoms with Crippen LogP contribution in [0, 0.1) is 11.8 Å². The Bertz CT molecular complexity index is 1600. The number of hydrogen-bond donors (Lipinski definition) is 1. The molecule has 3 saturated heterocycles. The quantitative estimate of drug-likeness (QED) is 0.228. The predicted molar refractivity (Wildman–Crippen MR) is 180 cm³/mol. The Hall–Kier alpha value is -3.40. The molecule has 3 fully saturated rings. The van der Waals surface area contributed by atoms with E-state index < -0.39 is 22.6 Å². The van der Waals surface area contributed by atoms with Crippen molar-refractivity contribution < 1.29 is 19.5 Å². The molecule has 3 heterocycles. The summed E-state index contributed by atoms with van der Waals surface area (Å²) < 4.78 is -0.814. The molecule has 0 aliphatic carbocycles. The van der Waals surface area contributed by atoms with Gasteiger partial charge in [-0.05, 0) is 34.9 Å². The summed E-state index contributed by atoms with van der Waals surface area (Å²) in [7, 11) is 0. The molecule has 228 valence electrons. The summed E-state index contributed by atoms with van der Waals surface area (Å²) in [5.74, 6) is -1.85. The fraction of sp³-hybridized carbons (Fsp3) is 0.343. The van der Waals surface area contributed by atoms with E-state index in [0.717, 1.165) is 16.3 Å². The molecule has 1 N–H and O–H groups in total. The summed E-state index contributed by atoms with van der Waals surface area (Å²) in [4.78, 5) is 48.4. The topological polar surface area (TPSA) is 81.2 Å². The molecule has 3 unspecified atom stereocenters. The third kappa shape index (κ3) is 5.08. The van der Waals surface area contributed by atoms with Crippen LogP contribution in [0.4, 0.5) is 5.69 Å². The first-order valence-electron chi connectivity index (χ1n) is 14.9. The number of carbonyl (C=O) groups is 3. The van der Waals surface area contributed by atoms with E-state index in [9.17, 15) is 19.5 Å². The molecule has 3 aromatic carbocycles. The van der Waals surface area contributed by atoms with Crippen molar-refractivity contribution >= 4 is 61.9 Å². The van der Waals surface area contributed by atoms with Crippen molar-refractivity contribution in [2.45, 2.75) is 33.8 Å². The molecule has 3 aliphatic heterocycles. The van der Waals surface area contributed by atoms with Crippen molar-refractivity contribution in [3.05, 3.63) is 104 Å². The fourth-order valence-electron chi connectivity index (χ4n) is 7.39. The van der Waals surface area contributed by atoms with Gasteiger partial charge < -0.3 is 19.8 Å². The van der Waals surface area contributed by atoms with Gasteiger partial charge in [-0.2, -0.15) is 0 Å². The lowest BCUT2D eigenvalue weighted by Gasteiger charge is -2.38. The van der Waals surface area contributed by atoms with Gasteiger partial charge in [-0.25, -0.2) is 0 Å². The zero-order valence-electron chi connectivity index (χ0n) is 24.4. The highest BCUT2D eigenvalue weighted by atomic mass is 79.9. The molecule has 44 heavy (non-hydrogen) atoms. The number of carbonyl (C=O) groups excluding carboxylic acids is 3. The van der Waals surface area contributed by atoms with Gasteiger partial charge in [-0.1, -0.05) is 88.7 Å². The van der Waals surface area contributed by atoms with E-state index in [1.807, 2.05) is 72.8 Å². The first kappa shape index (κ1) is 30.6. The zero-order chi connectivity index (χ0) is 31.0. The van der Waals surface area contributed by atoms with E-state index in [1.165, 1.54) is 4.90 Å². The number of likely N-dealkylation sites (tertiary alicyclic amines) is 1. The Morgan fingerprint density at radius 3 is 2.41 bits per heavy atom. The Labute approximate surface area is 270 Å². The van der Waals surface area contributed by atoms with Gasteiger partial charge in [0.25, 0.3) is 5.91 Å². The number of hydrogen-bond acceptors (Lipinski definition) is 5. The van der Waals surface area contributed by atoms with Crippen LogP contribution in [0.15, 0.2) is 98.1 Å². The number of alkyl halides is 1. The molecule has 6 atom stereocenters. The smallest absolute Gasteiger partial charge is 0.251 e. The molecule has 0 radical (unpaired) electrons. The number of anilines is 1. The van der Waals surface area contributed by atoms with Gasteiger partial charge in [-0.3, -0.25) is 14.4 Å². The maximum atomic E-state index is 14.8. The Morgan fingerprint density at radius 1 is 1.00 bits per heavy atom. The van der Waals surface area contributed by atoms with E-state index in [-0.39, 0.29) is 47.5 Å². The molecule has 0 saturated carbocycles. The molecule has 0 aromatic heterocycles. The van der Waals surface area contributed by atoms with Crippen molar-refractivity contribution in [1.82, 2.24) is 9.80 Å². The van der Waals surface area contributed by atoms with Crippen LogP contribution in [0.1, 0.15) is 12.0 Å². The van der Waals surface area contributed by atoms with Gasteiger partial charge in [0.2, 0.25) is 11.8 Å². The molecule has 6 rings (SSSR count). The highest BCUT2D eigenvalue weighted by molar-refractivity contribution is 9.09. The predicted octanol–water partition coefficient (Wildman–Crippen LogP) is 5.03. The molecular formula is C35H36BrN3O4S. The lowest BCUT2D eigenvalue weighted by atomic mass is 9.70. The number of amides is 3. The van der Waals surface area contributed by atoms with E-state index in [0.29, 0.717) is 25.2 Å². The molecule has 3 aromatic rings. The van der Waals surface area contributed by atoms with Gasteiger partial charge in [0.1, 0.15) is 6.04 Å². The molecule has 2 bridgehead atoms. The Kier molecular flexibility index (Phi) is 8.72. The first-order chi connectivity index (χ1) is 21.3. The number of aliphatic hydroxyl groups excluding tert-OH is 1. The number of rotatable bonds is 11. The minimum Gasteiger partial charge on any atom is -0.395 e. The van der Waals surface area contributed by atoms with Crippen LogP contribution in [-0.2, 0) is 20.9 Å². The summed E-state index contributed by atoms with van der Waals surface area (Å²) in [5.41, 5.74) is 1.71. The minimum absolute atomic E-state index is 0.0205. The van der Waals surface area contributed by atoms with E-state index >= 15 is 0 Å². The number of β-amino-alcohol motifs (C(OH)–C–C–N with tert-alkyl or cyclic N) is 1. The fourth-order valence-corrected chi connectivity index (χ4v) is 11.0. The molecule has 3 amide bonds. The highest BCUT2D eigenvalue weighted by Crippen LogP contribution is 2.68. The average molecular weight is 675 g/mol. The van der Waals surface area contributed by atoms with Crippen molar-refractivity contribution in [2.24, 2.45) is 11.8 Å². The lowest BCUT2D eigenvalue weighted by Crippen LogP contribution is -2.56. The molecule has 3 aliphatic rings. The van der Waals surface area contributed by atoms with E-state index in [1.54, 1.807) is 33.7 Å².